The van der Waals surface area contributed by atoms with E-state index in [4.69, 9.17) is 0 Å². The summed E-state index contributed by atoms with van der Waals surface area (Å²) in [5.41, 5.74) is 1.95. The van der Waals surface area contributed by atoms with Gasteiger partial charge >= 0.3 is 6.18 Å². The van der Waals surface area contributed by atoms with Gasteiger partial charge in [-0.1, -0.05) is 48.5 Å². The Balaban J connectivity index is 1.60. The van der Waals surface area contributed by atoms with Crippen molar-refractivity contribution in [1.29, 1.82) is 0 Å². The Morgan fingerprint density at radius 3 is 2.57 bits per heavy atom. The van der Waals surface area contributed by atoms with Crippen molar-refractivity contribution in [2.24, 2.45) is 0 Å². The van der Waals surface area contributed by atoms with Gasteiger partial charge in [-0.2, -0.15) is 13.2 Å². The molecule has 144 valence electrons. The van der Waals surface area contributed by atoms with Gasteiger partial charge in [0, 0.05) is 12.5 Å². The highest BCUT2D eigenvalue weighted by Gasteiger charge is 2.35. The maximum atomic E-state index is 13.2. The molecule has 0 spiro atoms. The fourth-order valence-corrected chi connectivity index (χ4v) is 3.69. The molecule has 1 aromatic heterocycles. The van der Waals surface area contributed by atoms with E-state index in [1.54, 1.807) is 11.2 Å². The van der Waals surface area contributed by atoms with Crippen molar-refractivity contribution in [1.82, 2.24) is 14.9 Å². The van der Waals surface area contributed by atoms with Gasteiger partial charge in [-0.05, 0) is 17.2 Å². The Bertz CT molecular complexity index is 982. The molecule has 0 aliphatic carbocycles. The summed E-state index contributed by atoms with van der Waals surface area (Å²) in [6, 6.07) is 14.9. The number of fused-ring (bicyclic) bond motifs is 1. The van der Waals surface area contributed by atoms with E-state index in [9.17, 15) is 18.0 Å². The minimum absolute atomic E-state index is 0.00771. The molecule has 1 N–H and O–H groups in total. The van der Waals surface area contributed by atoms with E-state index in [-0.39, 0.29) is 23.8 Å². The molecule has 3 aromatic rings. The first-order valence-corrected chi connectivity index (χ1v) is 8.93. The largest absolute Gasteiger partial charge is 0.416 e. The van der Waals surface area contributed by atoms with E-state index < -0.39 is 11.7 Å². The van der Waals surface area contributed by atoms with Crippen LogP contribution < -0.4 is 0 Å². The van der Waals surface area contributed by atoms with Gasteiger partial charge in [0.1, 0.15) is 0 Å². The number of rotatable bonds is 3. The second-order valence-electron chi connectivity index (χ2n) is 6.84. The van der Waals surface area contributed by atoms with Gasteiger partial charge in [0.25, 0.3) is 0 Å². The quantitative estimate of drug-likeness (QED) is 0.737. The predicted octanol–water partition coefficient (Wildman–Crippen LogP) is 4.15. The van der Waals surface area contributed by atoms with E-state index in [2.05, 4.69) is 9.97 Å². The van der Waals surface area contributed by atoms with Gasteiger partial charge in [-0.3, -0.25) is 4.79 Å². The third kappa shape index (κ3) is 3.52. The summed E-state index contributed by atoms with van der Waals surface area (Å²) in [5.74, 6) is -0.448. The molecule has 1 unspecified atom stereocenters. The first-order chi connectivity index (χ1) is 13.4. The lowest BCUT2D eigenvalue weighted by Crippen LogP contribution is -2.39. The normalized spacial score (nSPS) is 16.7. The summed E-state index contributed by atoms with van der Waals surface area (Å²) in [5, 5.41) is 0. The summed E-state index contributed by atoms with van der Waals surface area (Å²) >= 11 is 0. The van der Waals surface area contributed by atoms with Crippen LogP contribution in [0.25, 0.3) is 0 Å². The van der Waals surface area contributed by atoms with E-state index in [1.807, 2.05) is 30.3 Å². The molecule has 0 fully saturated rings. The second-order valence-corrected chi connectivity index (χ2v) is 6.84. The number of imidazole rings is 1. The lowest BCUT2D eigenvalue weighted by atomic mass is 9.90. The molecular formula is C21H18F3N3O. The van der Waals surface area contributed by atoms with Crippen molar-refractivity contribution in [3.63, 3.8) is 0 Å². The SMILES string of the molecule is O=C(Cc1ccccc1C(F)(F)F)N1Cc2[nH]cnc2C(c2ccccc2)C1. The zero-order valence-electron chi connectivity index (χ0n) is 14.9. The topological polar surface area (TPSA) is 49.0 Å². The van der Waals surface area contributed by atoms with Crippen molar-refractivity contribution >= 4 is 5.91 Å². The summed E-state index contributed by atoms with van der Waals surface area (Å²) in [6.07, 6.45) is -3.18. The number of hydrogen-bond donors (Lipinski definition) is 1. The standard InChI is InChI=1S/C21H18F3N3O/c22-21(23,24)17-9-5-4-8-15(17)10-19(28)27-11-16(14-6-2-1-3-7-14)20-18(12-27)25-13-26-20/h1-9,13,16H,10-12H2,(H,25,26). The van der Waals surface area contributed by atoms with E-state index >= 15 is 0 Å². The summed E-state index contributed by atoms with van der Waals surface area (Å²) in [7, 11) is 0. The monoisotopic (exact) mass is 385 g/mol. The molecule has 4 nitrogen and oxygen atoms in total. The van der Waals surface area contributed by atoms with Crippen molar-refractivity contribution in [2.75, 3.05) is 6.54 Å². The average Bonchev–Trinajstić information content (AvgIpc) is 3.16. The molecule has 1 aliphatic rings. The Morgan fingerprint density at radius 1 is 1.11 bits per heavy atom. The minimum Gasteiger partial charge on any atom is -0.347 e. The Labute approximate surface area is 160 Å². The number of hydrogen-bond acceptors (Lipinski definition) is 2. The van der Waals surface area contributed by atoms with Crippen LogP contribution >= 0.6 is 0 Å². The van der Waals surface area contributed by atoms with E-state index in [0.717, 1.165) is 23.0 Å². The molecule has 1 aliphatic heterocycles. The third-order valence-electron chi connectivity index (χ3n) is 5.05. The molecule has 0 saturated heterocycles. The number of amides is 1. The summed E-state index contributed by atoms with van der Waals surface area (Å²) in [4.78, 5) is 21.9. The lowest BCUT2D eigenvalue weighted by molar-refractivity contribution is -0.138. The van der Waals surface area contributed by atoms with E-state index in [1.165, 1.54) is 18.2 Å². The number of alkyl halides is 3. The molecule has 4 rings (SSSR count). The van der Waals surface area contributed by atoms with Crippen molar-refractivity contribution < 1.29 is 18.0 Å². The number of carbonyl (C=O) groups is 1. The highest BCUT2D eigenvalue weighted by molar-refractivity contribution is 5.79. The Morgan fingerprint density at radius 2 is 1.82 bits per heavy atom. The number of nitrogens with zero attached hydrogens (tertiary/aromatic N) is 2. The fraction of sp³-hybridized carbons (Fsp3) is 0.238. The second kappa shape index (κ2) is 7.14. The summed E-state index contributed by atoms with van der Waals surface area (Å²) in [6.45, 7) is 0.695. The Hall–Kier alpha value is -3.09. The number of carbonyl (C=O) groups excluding carboxylic acids is 1. The zero-order chi connectivity index (χ0) is 19.7. The van der Waals surface area contributed by atoms with Crippen LogP contribution in [0.3, 0.4) is 0 Å². The maximum absolute atomic E-state index is 13.2. The molecule has 2 heterocycles. The highest BCUT2D eigenvalue weighted by atomic mass is 19.4. The van der Waals surface area contributed by atoms with Crippen LogP contribution in [0, 0.1) is 0 Å². The van der Waals surface area contributed by atoms with Crippen LogP contribution in [0.15, 0.2) is 60.9 Å². The molecule has 2 aromatic carbocycles. The smallest absolute Gasteiger partial charge is 0.347 e. The third-order valence-corrected chi connectivity index (χ3v) is 5.05. The van der Waals surface area contributed by atoms with Gasteiger partial charge in [0.15, 0.2) is 0 Å². The highest BCUT2D eigenvalue weighted by Crippen LogP contribution is 2.34. The molecule has 0 saturated carbocycles. The first-order valence-electron chi connectivity index (χ1n) is 8.93. The van der Waals surface area contributed by atoms with Crippen LogP contribution in [0.5, 0.6) is 0 Å². The van der Waals surface area contributed by atoms with Crippen molar-refractivity contribution in [2.45, 2.75) is 25.1 Å². The van der Waals surface area contributed by atoms with Crippen LogP contribution in [0.2, 0.25) is 0 Å². The number of aromatic nitrogens is 2. The molecule has 1 amide bonds. The maximum Gasteiger partial charge on any atom is 0.416 e. The molecule has 0 bridgehead atoms. The molecule has 7 heteroatoms. The first kappa shape index (κ1) is 18.3. The molecular weight excluding hydrogens is 367 g/mol. The van der Waals surface area contributed by atoms with Crippen LogP contribution in [-0.2, 0) is 23.9 Å². The number of nitrogens with one attached hydrogen (secondary N) is 1. The molecule has 28 heavy (non-hydrogen) atoms. The van der Waals surface area contributed by atoms with Crippen molar-refractivity contribution in [3.05, 3.63) is 89.0 Å². The lowest BCUT2D eigenvalue weighted by Gasteiger charge is -2.32. The number of H-pyrrole nitrogens is 1. The molecule has 0 radical (unpaired) electrons. The van der Waals surface area contributed by atoms with Crippen LogP contribution in [0.1, 0.15) is 34.0 Å². The fourth-order valence-electron chi connectivity index (χ4n) is 3.69. The van der Waals surface area contributed by atoms with Gasteiger partial charge in [-0.25, -0.2) is 4.98 Å². The molecule has 1 atom stereocenters. The van der Waals surface area contributed by atoms with Gasteiger partial charge in [-0.15, -0.1) is 0 Å². The van der Waals surface area contributed by atoms with Gasteiger partial charge in [0.2, 0.25) is 5.91 Å². The van der Waals surface area contributed by atoms with Crippen LogP contribution in [-0.4, -0.2) is 27.3 Å². The van der Waals surface area contributed by atoms with E-state index in [0.29, 0.717) is 13.1 Å². The van der Waals surface area contributed by atoms with Gasteiger partial charge in [0.05, 0.1) is 36.2 Å². The minimum atomic E-state index is -4.48. The van der Waals surface area contributed by atoms with Crippen molar-refractivity contribution in [3.8, 4) is 0 Å². The average molecular weight is 385 g/mol. The Kier molecular flexibility index (Phi) is 4.66. The predicted molar refractivity (Wildman–Crippen MR) is 97.4 cm³/mol. The number of aromatic amines is 1. The van der Waals surface area contributed by atoms with Crippen LogP contribution in [0.4, 0.5) is 13.2 Å². The van der Waals surface area contributed by atoms with Gasteiger partial charge < -0.3 is 9.88 Å². The number of benzene rings is 2. The number of halogens is 3. The summed E-state index contributed by atoms with van der Waals surface area (Å²) < 4.78 is 39.7. The zero-order valence-corrected chi connectivity index (χ0v) is 14.9.